The molecule has 0 radical (unpaired) electrons. The molecule has 2 aromatic carbocycles. The Bertz CT molecular complexity index is 578. The third kappa shape index (κ3) is 3.91. The molecule has 0 amide bonds. The molecule has 0 fully saturated rings. The van der Waals surface area contributed by atoms with Crippen molar-refractivity contribution >= 4 is 0 Å². The standard InChI is InChI=1S/C21H28O/c1-5-16(2)6-7-17-8-10-18(11-9-17)21(3,4)19-12-14-20(22)15-13-19/h8-16,22H,5-7H2,1-4H3. The molecule has 1 heteroatoms. The van der Waals surface area contributed by atoms with Gasteiger partial charge < -0.3 is 5.11 Å². The van der Waals surface area contributed by atoms with Crippen LogP contribution in [0.2, 0.25) is 0 Å². The molecule has 1 atom stereocenters. The molecule has 0 aliphatic heterocycles. The maximum Gasteiger partial charge on any atom is 0.115 e. The second kappa shape index (κ2) is 7.00. The molecule has 1 N–H and O–H groups in total. The molecular formula is C21H28O. The number of benzene rings is 2. The van der Waals surface area contributed by atoms with Gasteiger partial charge in [-0.3, -0.25) is 0 Å². The highest BCUT2D eigenvalue weighted by Gasteiger charge is 2.22. The van der Waals surface area contributed by atoms with Gasteiger partial charge in [-0.05, 0) is 47.6 Å². The Kier molecular flexibility index (Phi) is 5.28. The molecule has 2 aromatic rings. The fourth-order valence-electron chi connectivity index (χ4n) is 2.75. The molecule has 22 heavy (non-hydrogen) atoms. The maximum atomic E-state index is 9.45. The summed E-state index contributed by atoms with van der Waals surface area (Å²) in [6.07, 6.45) is 3.68. The van der Waals surface area contributed by atoms with E-state index in [0.717, 1.165) is 12.3 Å². The van der Waals surface area contributed by atoms with Crippen LogP contribution in [-0.2, 0) is 11.8 Å². The SMILES string of the molecule is CCC(C)CCc1ccc(C(C)(C)c2ccc(O)cc2)cc1. The molecule has 2 rings (SSSR count). The van der Waals surface area contributed by atoms with E-state index >= 15 is 0 Å². The average Bonchev–Trinajstić information content (AvgIpc) is 2.53. The van der Waals surface area contributed by atoms with Crippen LogP contribution in [0.5, 0.6) is 5.75 Å². The summed E-state index contributed by atoms with van der Waals surface area (Å²) in [4.78, 5) is 0. The summed E-state index contributed by atoms with van der Waals surface area (Å²) in [6.45, 7) is 9.04. The van der Waals surface area contributed by atoms with Crippen LogP contribution >= 0.6 is 0 Å². The highest BCUT2D eigenvalue weighted by Crippen LogP contribution is 2.32. The Balaban J connectivity index is 2.13. The Morgan fingerprint density at radius 1 is 0.909 bits per heavy atom. The van der Waals surface area contributed by atoms with Crippen molar-refractivity contribution in [2.24, 2.45) is 5.92 Å². The minimum atomic E-state index is -0.0526. The minimum Gasteiger partial charge on any atom is -0.508 e. The number of hydrogen-bond acceptors (Lipinski definition) is 1. The van der Waals surface area contributed by atoms with Crippen molar-refractivity contribution in [2.45, 2.75) is 52.4 Å². The molecule has 1 unspecified atom stereocenters. The van der Waals surface area contributed by atoms with E-state index in [1.165, 1.54) is 29.5 Å². The molecule has 0 bridgehead atoms. The van der Waals surface area contributed by atoms with Crippen LogP contribution in [0.25, 0.3) is 0 Å². The average molecular weight is 296 g/mol. The molecule has 0 saturated heterocycles. The summed E-state index contributed by atoms with van der Waals surface area (Å²) >= 11 is 0. The van der Waals surface area contributed by atoms with Crippen LogP contribution in [0.3, 0.4) is 0 Å². The fourth-order valence-corrected chi connectivity index (χ4v) is 2.75. The Hall–Kier alpha value is -1.76. The first-order chi connectivity index (χ1) is 10.4. The second-order valence-corrected chi connectivity index (χ2v) is 6.92. The van der Waals surface area contributed by atoms with Crippen molar-refractivity contribution in [1.29, 1.82) is 0 Å². The van der Waals surface area contributed by atoms with Gasteiger partial charge in [-0.25, -0.2) is 0 Å². The Labute approximate surface area is 135 Å². The van der Waals surface area contributed by atoms with Crippen LogP contribution in [0, 0.1) is 5.92 Å². The highest BCUT2D eigenvalue weighted by atomic mass is 16.3. The van der Waals surface area contributed by atoms with Crippen LogP contribution in [0.4, 0.5) is 0 Å². The van der Waals surface area contributed by atoms with Crippen LogP contribution < -0.4 is 0 Å². The Morgan fingerprint density at radius 3 is 1.91 bits per heavy atom. The predicted octanol–water partition coefficient (Wildman–Crippen LogP) is 5.70. The van der Waals surface area contributed by atoms with Crippen molar-refractivity contribution in [2.75, 3.05) is 0 Å². The van der Waals surface area contributed by atoms with Crippen molar-refractivity contribution in [1.82, 2.24) is 0 Å². The zero-order valence-electron chi connectivity index (χ0n) is 14.3. The quantitative estimate of drug-likeness (QED) is 0.725. The summed E-state index contributed by atoms with van der Waals surface area (Å²) in [5.41, 5.74) is 3.90. The van der Waals surface area contributed by atoms with Gasteiger partial charge in [0, 0.05) is 5.41 Å². The van der Waals surface area contributed by atoms with Gasteiger partial charge in [0.25, 0.3) is 0 Å². The van der Waals surface area contributed by atoms with Crippen molar-refractivity contribution < 1.29 is 5.11 Å². The highest BCUT2D eigenvalue weighted by molar-refractivity contribution is 5.40. The third-order valence-electron chi connectivity index (χ3n) is 4.89. The molecule has 0 aliphatic rings. The number of aryl methyl sites for hydroxylation is 1. The zero-order chi connectivity index (χ0) is 16.2. The number of phenolic OH excluding ortho intramolecular Hbond substituents is 1. The van der Waals surface area contributed by atoms with Gasteiger partial charge >= 0.3 is 0 Å². The molecule has 118 valence electrons. The number of hydrogen-bond donors (Lipinski definition) is 1. The van der Waals surface area contributed by atoms with E-state index in [9.17, 15) is 5.11 Å². The summed E-state index contributed by atoms with van der Waals surface area (Å²) < 4.78 is 0. The van der Waals surface area contributed by atoms with Crippen LogP contribution in [0.15, 0.2) is 48.5 Å². The smallest absolute Gasteiger partial charge is 0.115 e. The number of rotatable bonds is 6. The van der Waals surface area contributed by atoms with E-state index in [2.05, 4.69) is 52.0 Å². The van der Waals surface area contributed by atoms with Gasteiger partial charge in [0.15, 0.2) is 0 Å². The normalized spacial score (nSPS) is 13.1. The molecular weight excluding hydrogens is 268 g/mol. The monoisotopic (exact) mass is 296 g/mol. The molecule has 0 aromatic heterocycles. The summed E-state index contributed by atoms with van der Waals surface area (Å²) in [6, 6.07) is 16.6. The largest absolute Gasteiger partial charge is 0.508 e. The lowest BCUT2D eigenvalue weighted by atomic mass is 9.78. The van der Waals surface area contributed by atoms with E-state index in [-0.39, 0.29) is 5.41 Å². The maximum absolute atomic E-state index is 9.45. The van der Waals surface area contributed by atoms with Gasteiger partial charge in [0.05, 0.1) is 0 Å². The zero-order valence-corrected chi connectivity index (χ0v) is 14.3. The number of phenols is 1. The molecule has 1 nitrogen and oxygen atoms in total. The third-order valence-corrected chi connectivity index (χ3v) is 4.89. The van der Waals surface area contributed by atoms with Gasteiger partial charge in [-0.2, -0.15) is 0 Å². The van der Waals surface area contributed by atoms with Gasteiger partial charge in [0.2, 0.25) is 0 Å². The fraction of sp³-hybridized carbons (Fsp3) is 0.429. The lowest BCUT2D eigenvalue weighted by Gasteiger charge is -2.26. The van der Waals surface area contributed by atoms with E-state index in [0.29, 0.717) is 5.75 Å². The minimum absolute atomic E-state index is 0.0526. The lowest BCUT2D eigenvalue weighted by Crippen LogP contribution is -2.18. The first-order valence-corrected chi connectivity index (χ1v) is 8.32. The van der Waals surface area contributed by atoms with Gasteiger partial charge in [0.1, 0.15) is 5.75 Å². The molecule has 0 spiro atoms. The first kappa shape index (κ1) is 16.6. The van der Waals surface area contributed by atoms with Gasteiger partial charge in [-0.15, -0.1) is 0 Å². The van der Waals surface area contributed by atoms with Crippen LogP contribution in [-0.4, -0.2) is 5.11 Å². The van der Waals surface area contributed by atoms with Crippen molar-refractivity contribution in [3.63, 3.8) is 0 Å². The lowest BCUT2D eigenvalue weighted by molar-refractivity contribution is 0.474. The van der Waals surface area contributed by atoms with Gasteiger partial charge in [-0.1, -0.05) is 70.5 Å². The van der Waals surface area contributed by atoms with E-state index in [1.807, 2.05) is 12.1 Å². The van der Waals surface area contributed by atoms with E-state index in [1.54, 1.807) is 12.1 Å². The molecule has 0 heterocycles. The predicted molar refractivity (Wildman–Crippen MR) is 94.5 cm³/mol. The Morgan fingerprint density at radius 2 is 1.41 bits per heavy atom. The summed E-state index contributed by atoms with van der Waals surface area (Å²) in [5.74, 6) is 1.12. The molecule has 0 aliphatic carbocycles. The van der Waals surface area contributed by atoms with Crippen molar-refractivity contribution in [3.8, 4) is 5.75 Å². The first-order valence-electron chi connectivity index (χ1n) is 8.32. The summed E-state index contributed by atoms with van der Waals surface area (Å²) in [5, 5.41) is 9.45. The van der Waals surface area contributed by atoms with Crippen molar-refractivity contribution in [3.05, 3.63) is 65.2 Å². The van der Waals surface area contributed by atoms with E-state index in [4.69, 9.17) is 0 Å². The second-order valence-electron chi connectivity index (χ2n) is 6.92. The summed E-state index contributed by atoms with van der Waals surface area (Å²) in [7, 11) is 0. The topological polar surface area (TPSA) is 20.2 Å². The number of aromatic hydroxyl groups is 1. The van der Waals surface area contributed by atoms with E-state index < -0.39 is 0 Å². The molecule has 0 saturated carbocycles. The van der Waals surface area contributed by atoms with Crippen LogP contribution in [0.1, 0.15) is 57.2 Å².